The fraction of sp³-hybridized carbons (Fsp3) is 0.188. The zero-order valence-corrected chi connectivity index (χ0v) is 11.7. The molecule has 0 amide bonds. The van der Waals surface area contributed by atoms with Crippen LogP contribution < -0.4 is 14.8 Å². The quantitative estimate of drug-likeness (QED) is 0.920. The first-order chi connectivity index (χ1) is 9.69. The van der Waals surface area contributed by atoms with Crippen molar-refractivity contribution in [1.82, 2.24) is 0 Å². The standard InChI is InChI=1S/C16H16N2O2/c1-11-7-8-12(9-16(11)20-3)18-14-5-4-6-15(19-2)13(14)10-17/h4-9,18H,1-3H3. The monoisotopic (exact) mass is 268 g/mol. The van der Waals surface area contributed by atoms with E-state index in [9.17, 15) is 5.26 Å². The predicted molar refractivity (Wildman–Crippen MR) is 78.7 cm³/mol. The van der Waals surface area contributed by atoms with Crippen LogP contribution in [0.25, 0.3) is 0 Å². The Morgan fingerprint density at radius 1 is 1.05 bits per heavy atom. The Balaban J connectivity index is 2.38. The Morgan fingerprint density at radius 2 is 1.80 bits per heavy atom. The van der Waals surface area contributed by atoms with E-state index in [0.717, 1.165) is 17.0 Å². The van der Waals surface area contributed by atoms with Crippen LogP contribution in [0.1, 0.15) is 11.1 Å². The third-order valence-electron chi connectivity index (χ3n) is 3.05. The van der Waals surface area contributed by atoms with Crippen LogP contribution in [0, 0.1) is 18.3 Å². The highest BCUT2D eigenvalue weighted by atomic mass is 16.5. The molecule has 4 heteroatoms. The predicted octanol–water partition coefficient (Wildman–Crippen LogP) is 3.63. The summed E-state index contributed by atoms with van der Waals surface area (Å²) in [5.74, 6) is 1.35. The fourth-order valence-corrected chi connectivity index (χ4v) is 1.97. The zero-order valence-electron chi connectivity index (χ0n) is 11.7. The molecular weight excluding hydrogens is 252 g/mol. The third kappa shape index (κ3) is 2.67. The van der Waals surface area contributed by atoms with E-state index in [1.807, 2.05) is 37.3 Å². The molecular formula is C16H16N2O2. The van der Waals surface area contributed by atoms with Gasteiger partial charge in [0.25, 0.3) is 0 Å². The number of rotatable bonds is 4. The molecule has 0 bridgehead atoms. The molecule has 102 valence electrons. The van der Waals surface area contributed by atoms with Gasteiger partial charge in [0.2, 0.25) is 0 Å². The highest BCUT2D eigenvalue weighted by Crippen LogP contribution is 2.30. The van der Waals surface area contributed by atoms with Gasteiger partial charge >= 0.3 is 0 Å². The highest BCUT2D eigenvalue weighted by molar-refractivity contribution is 5.71. The number of nitrogens with zero attached hydrogens (tertiary/aromatic N) is 1. The lowest BCUT2D eigenvalue weighted by Crippen LogP contribution is -1.97. The molecule has 4 nitrogen and oxygen atoms in total. The first kappa shape index (κ1) is 13.8. The Kier molecular flexibility index (Phi) is 4.11. The van der Waals surface area contributed by atoms with E-state index in [2.05, 4.69) is 11.4 Å². The molecule has 0 radical (unpaired) electrons. The number of hydrogen-bond acceptors (Lipinski definition) is 4. The van der Waals surface area contributed by atoms with Crippen molar-refractivity contribution in [2.24, 2.45) is 0 Å². The lowest BCUT2D eigenvalue weighted by molar-refractivity contribution is 0.412. The van der Waals surface area contributed by atoms with Crippen LogP contribution in [-0.2, 0) is 0 Å². The second-order valence-electron chi connectivity index (χ2n) is 4.30. The maximum atomic E-state index is 9.26. The smallest absolute Gasteiger partial charge is 0.138 e. The number of aryl methyl sites for hydroxylation is 1. The summed E-state index contributed by atoms with van der Waals surface area (Å²) in [6.45, 7) is 1.98. The fourth-order valence-electron chi connectivity index (χ4n) is 1.97. The van der Waals surface area contributed by atoms with Crippen LogP contribution in [0.5, 0.6) is 11.5 Å². The van der Waals surface area contributed by atoms with Crippen LogP contribution in [-0.4, -0.2) is 14.2 Å². The SMILES string of the molecule is COc1cc(Nc2cccc(OC)c2C#N)ccc1C. The van der Waals surface area contributed by atoms with Crippen molar-refractivity contribution in [3.63, 3.8) is 0 Å². The highest BCUT2D eigenvalue weighted by Gasteiger charge is 2.09. The Bertz CT molecular complexity index is 660. The molecule has 0 heterocycles. The summed E-state index contributed by atoms with van der Waals surface area (Å²) in [6, 6.07) is 13.4. The van der Waals surface area contributed by atoms with Gasteiger partial charge in [-0.1, -0.05) is 12.1 Å². The Labute approximate surface area is 118 Å². The van der Waals surface area contributed by atoms with Gasteiger partial charge in [-0.05, 0) is 30.7 Å². The van der Waals surface area contributed by atoms with Gasteiger partial charge in [0.05, 0.1) is 19.9 Å². The topological polar surface area (TPSA) is 54.3 Å². The van der Waals surface area contributed by atoms with E-state index < -0.39 is 0 Å². The second-order valence-corrected chi connectivity index (χ2v) is 4.30. The molecule has 0 aliphatic heterocycles. The molecule has 20 heavy (non-hydrogen) atoms. The minimum atomic E-state index is 0.481. The molecule has 0 unspecified atom stereocenters. The first-order valence-corrected chi connectivity index (χ1v) is 6.18. The third-order valence-corrected chi connectivity index (χ3v) is 3.05. The molecule has 0 fully saturated rings. The van der Waals surface area contributed by atoms with Crippen molar-refractivity contribution in [2.45, 2.75) is 6.92 Å². The van der Waals surface area contributed by atoms with Gasteiger partial charge in [0, 0.05) is 11.8 Å². The minimum Gasteiger partial charge on any atom is -0.496 e. The van der Waals surface area contributed by atoms with Gasteiger partial charge in [-0.25, -0.2) is 0 Å². The van der Waals surface area contributed by atoms with E-state index in [4.69, 9.17) is 9.47 Å². The van der Waals surface area contributed by atoms with Crippen molar-refractivity contribution in [2.75, 3.05) is 19.5 Å². The lowest BCUT2D eigenvalue weighted by atomic mass is 10.1. The van der Waals surface area contributed by atoms with Crippen molar-refractivity contribution in [3.05, 3.63) is 47.5 Å². The van der Waals surface area contributed by atoms with Gasteiger partial charge in [-0.3, -0.25) is 0 Å². The van der Waals surface area contributed by atoms with Gasteiger partial charge in [0.1, 0.15) is 23.1 Å². The van der Waals surface area contributed by atoms with Gasteiger partial charge in [0.15, 0.2) is 0 Å². The summed E-state index contributed by atoms with van der Waals surface area (Å²) < 4.78 is 10.5. The van der Waals surface area contributed by atoms with Crippen molar-refractivity contribution >= 4 is 11.4 Å². The number of ether oxygens (including phenoxy) is 2. The Morgan fingerprint density at radius 3 is 2.45 bits per heavy atom. The summed E-state index contributed by atoms with van der Waals surface area (Å²) in [5, 5.41) is 12.5. The van der Waals surface area contributed by atoms with E-state index in [1.54, 1.807) is 20.3 Å². The van der Waals surface area contributed by atoms with E-state index in [0.29, 0.717) is 17.0 Å². The molecule has 0 aliphatic carbocycles. The van der Waals surface area contributed by atoms with E-state index in [1.165, 1.54) is 0 Å². The molecule has 0 spiro atoms. The van der Waals surface area contributed by atoms with Gasteiger partial charge in [-0.2, -0.15) is 5.26 Å². The maximum absolute atomic E-state index is 9.26. The summed E-state index contributed by atoms with van der Waals surface area (Å²) in [5.41, 5.74) is 3.11. The van der Waals surface area contributed by atoms with Crippen LogP contribution in [0.2, 0.25) is 0 Å². The summed E-state index contributed by atoms with van der Waals surface area (Å²) in [6.07, 6.45) is 0. The van der Waals surface area contributed by atoms with Crippen LogP contribution in [0.3, 0.4) is 0 Å². The number of nitrogens with one attached hydrogen (secondary N) is 1. The molecule has 2 aromatic carbocycles. The molecule has 1 N–H and O–H groups in total. The molecule has 0 atom stereocenters. The molecule has 0 saturated heterocycles. The molecule has 0 aromatic heterocycles. The van der Waals surface area contributed by atoms with E-state index in [-0.39, 0.29) is 0 Å². The molecule has 2 aromatic rings. The van der Waals surface area contributed by atoms with Gasteiger partial charge in [-0.15, -0.1) is 0 Å². The molecule has 0 aliphatic rings. The minimum absolute atomic E-state index is 0.481. The summed E-state index contributed by atoms with van der Waals surface area (Å²) in [4.78, 5) is 0. The van der Waals surface area contributed by atoms with Crippen LogP contribution in [0.15, 0.2) is 36.4 Å². The number of nitriles is 1. The number of hydrogen-bond donors (Lipinski definition) is 1. The molecule has 0 saturated carbocycles. The van der Waals surface area contributed by atoms with E-state index >= 15 is 0 Å². The maximum Gasteiger partial charge on any atom is 0.138 e. The Hall–Kier alpha value is -2.67. The first-order valence-electron chi connectivity index (χ1n) is 6.18. The average Bonchev–Trinajstić information content (AvgIpc) is 2.48. The second kappa shape index (κ2) is 5.98. The summed E-state index contributed by atoms with van der Waals surface area (Å²) in [7, 11) is 3.19. The van der Waals surface area contributed by atoms with Crippen LogP contribution in [0.4, 0.5) is 11.4 Å². The summed E-state index contributed by atoms with van der Waals surface area (Å²) >= 11 is 0. The largest absolute Gasteiger partial charge is 0.496 e. The van der Waals surface area contributed by atoms with Crippen LogP contribution >= 0.6 is 0 Å². The lowest BCUT2D eigenvalue weighted by Gasteiger charge is -2.12. The van der Waals surface area contributed by atoms with Crippen molar-refractivity contribution in [3.8, 4) is 17.6 Å². The number of benzene rings is 2. The molecule has 2 rings (SSSR count). The van der Waals surface area contributed by atoms with Gasteiger partial charge < -0.3 is 14.8 Å². The average molecular weight is 268 g/mol. The van der Waals surface area contributed by atoms with Crippen molar-refractivity contribution < 1.29 is 9.47 Å². The van der Waals surface area contributed by atoms with Crippen molar-refractivity contribution in [1.29, 1.82) is 5.26 Å². The number of methoxy groups -OCH3 is 2. The zero-order chi connectivity index (χ0) is 14.5. The number of anilines is 2. The normalized spacial score (nSPS) is 9.70.